The molecule has 5 heteroatoms. The Balaban J connectivity index is 1.56. The first kappa shape index (κ1) is 19.4. The average Bonchev–Trinajstić information content (AvgIpc) is 3.10. The minimum atomic E-state index is -0.315. The Morgan fingerprint density at radius 3 is 2.67 bits per heavy atom. The van der Waals surface area contributed by atoms with Crippen LogP contribution in [0.15, 0.2) is 36.4 Å². The van der Waals surface area contributed by atoms with Crippen molar-refractivity contribution in [3.05, 3.63) is 58.0 Å². The second kappa shape index (κ2) is 7.02. The van der Waals surface area contributed by atoms with E-state index >= 15 is 0 Å². The van der Waals surface area contributed by atoms with Gasteiger partial charge in [0, 0.05) is 10.4 Å². The first-order valence-electron chi connectivity index (χ1n) is 10.6. The molecule has 0 bridgehead atoms. The van der Waals surface area contributed by atoms with Crippen LogP contribution in [0.3, 0.4) is 0 Å². The predicted octanol–water partition coefficient (Wildman–Crippen LogP) is 5.92. The number of amides is 1. The first-order chi connectivity index (χ1) is 14.4. The highest BCUT2D eigenvalue weighted by Gasteiger charge is 2.37. The zero-order chi connectivity index (χ0) is 21.0. The highest BCUT2D eigenvalue weighted by Crippen LogP contribution is 2.47. The fourth-order valence-electron chi connectivity index (χ4n) is 4.93. The van der Waals surface area contributed by atoms with Crippen LogP contribution < -0.4 is 15.4 Å². The molecule has 1 aromatic heterocycles. The summed E-state index contributed by atoms with van der Waals surface area (Å²) in [5.74, 6) is 1.46. The number of ether oxygens (including phenoxy) is 1. The van der Waals surface area contributed by atoms with E-state index in [2.05, 4.69) is 49.6 Å². The summed E-state index contributed by atoms with van der Waals surface area (Å²) in [7, 11) is 1.68. The Labute approximate surface area is 181 Å². The molecular weight excluding hydrogens is 392 g/mol. The third-order valence-corrected chi connectivity index (χ3v) is 7.89. The minimum Gasteiger partial charge on any atom is -0.496 e. The van der Waals surface area contributed by atoms with Gasteiger partial charge in [0.25, 0.3) is 5.91 Å². The fraction of sp³-hybridized carbons (Fsp3) is 0.400. The minimum absolute atomic E-state index is 0.0236. The van der Waals surface area contributed by atoms with Gasteiger partial charge in [-0.25, -0.2) is 0 Å². The summed E-state index contributed by atoms with van der Waals surface area (Å²) in [5, 5.41) is 10.1. The van der Waals surface area contributed by atoms with Crippen molar-refractivity contribution in [3.8, 4) is 5.75 Å². The van der Waals surface area contributed by atoms with Crippen molar-refractivity contribution in [2.24, 2.45) is 11.3 Å². The van der Waals surface area contributed by atoms with E-state index in [-0.39, 0.29) is 17.5 Å². The van der Waals surface area contributed by atoms with Gasteiger partial charge in [0.1, 0.15) is 16.9 Å². The van der Waals surface area contributed by atoms with Gasteiger partial charge in [0.2, 0.25) is 0 Å². The van der Waals surface area contributed by atoms with Crippen LogP contribution in [-0.2, 0) is 12.8 Å². The molecule has 2 aromatic carbocycles. The molecule has 1 aliphatic carbocycles. The van der Waals surface area contributed by atoms with E-state index in [4.69, 9.17) is 4.74 Å². The standard InChI is InChI=1S/C25H28N2O2S/c1-25(2,3)15-10-11-17-19(13-15)30-24-21(17)23(28)26-22(27-24)20-16-8-6-5-7-14(16)9-12-18(20)29-4/h5-9,12,15,22,27H,10-11,13H2,1-4H3,(H,26,28)/t15-,22-/m1/s1. The molecule has 0 unspecified atom stereocenters. The van der Waals surface area contributed by atoms with Crippen LogP contribution in [0.5, 0.6) is 5.75 Å². The SMILES string of the molecule is COc1ccc2ccccc2c1[C@@H]1NC(=O)c2c(sc3c2CC[C@@H](C(C)(C)C)C3)N1. The molecule has 30 heavy (non-hydrogen) atoms. The monoisotopic (exact) mass is 420 g/mol. The van der Waals surface area contributed by atoms with Crippen LogP contribution in [0.2, 0.25) is 0 Å². The molecule has 2 atom stereocenters. The highest BCUT2D eigenvalue weighted by molar-refractivity contribution is 7.16. The van der Waals surface area contributed by atoms with Crippen LogP contribution in [0.4, 0.5) is 5.00 Å². The second-order valence-electron chi connectivity index (χ2n) is 9.47. The lowest BCUT2D eigenvalue weighted by atomic mass is 9.72. The van der Waals surface area contributed by atoms with Gasteiger partial charge >= 0.3 is 0 Å². The molecular formula is C25H28N2O2S. The number of anilines is 1. The topological polar surface area (TPSA) is 50.4 Å². The average molecular weight is 421 g/mol. The second-order valence-corrected chi connectivity index (χ2v) is 10.6. The molecule has 0 saturated carbocycles. The largest absolute Gasteiger partial charge is 0.496 e. The lowest BCUT2D eigenvalue weighted by Crippen LogP contribution is -2.38. The number of hydrogen-bond donors (Lipinski definition) is 2. The summed E-state index contributed by atoms with van der Waals surface area (Å²) in [6, 6.07) is 12.3. The summed E-state index contributed by atoms with van der Waals surface area (Å²) >= 11 is 1.77. The van der Waals surface area contributed by atoms with Gasteiger partial charge in [-0.3, -0.25) is 4.79 Å². The Morgan fingerprint density at radius 2 is 1.90 bits per heavy atom. The lowest BCUT2D eigenvalue weighted by molar-refractivity contribution is 0.0934. The predicted molar refractivity (Wildman–Crippen MR) is 124 cm³/mol. The van der Waals surface area contributed by atoms with Gasteiger partial charge in [0.05, 0.1) is 12.7 Å². The number of rotatable bonds is 2. The van der Waals surface area contributed by atoms with Gasteiger partial charge in [-0.1, -0.05) is 51.1 Å². The van der Waals surface area contributed by atoms with Gasteiger partial charge in [-0.15, -0.1) is 11.3 Å². The van der Waals surface area contributed by atoms with E-state index in [0.29, 0.717) is 5.92 Å². The maximum Gasteiger partial charge on any atom is 0.256 e. The first-order valence-corrected chi connectivity index (χ1v) is 11.5. The smallest absolute Gasteiger partial charge is 0.256 e. The van der Waals surface area contributed by atoms with E-state index in [0.717, 1.165) is 51.9 Å². The van der Waals surface area contributed by atoms with Crippen molar-refractivity contribution in [2.45, 2.75) is 46.2 Å². The van der Waals surface area contributed by atoms with Crippen LogP contribution in [-0.4, -0.2) is 13.0 Å². The van der Waals surface area contributed by atoms with Crippen molar-refractivity contribution in [1.29, 1.82) is 0 Å². The van der Waals surface area contributed by atoms with E-state index < -0.39 is 0 Å². The number of methoxy groups -OCH3 is 1. The van der Waals surface area contributed by atoms with Crippen LogP contribution in [0.1, 0.15) is 59.7 Å². The number of thiophene rings is 1. The number of carbonyl (C=O) groups is 1. The van der Waals surface area contributed by atoms with Gasteiger partial charge in [-0.05, 0) is 53.0 Å². The molecule has 2 N–H and O–H groups in total. The molecule has 3 aromatic rings. The van der Waals surface area contributed by atoms with E-state index in [1.54, 1.807) is 18.4 Å². The summed E-state index contributed by atoms with van der Waals surface area (Å²) in [5.41, 5.74) is 3.38. The fourth-order valence-corrected chi connectivity index (χ4v) is 6.29. The lowest BCUT2D eigenvalue weighted by Gasteiger charge is -2.34. The molecule has 2 aliphatic rings. The molecule has 0 saturated heterocycles. The maximum atomic E-state index is 13.2. The number of nitrogens with one attached hydrogen (secondary N) is 2. The summed E-state index contributed by atoms with van der Waals surface area (Å²) in [4.78, 5) is 14.6. The van der Waals surface area contributed by atoms with Gasteiger partial charge < -0.3 is 15.4 Å². The molecule has 2 heterocycles. The molecule has 5 rings (SSSR count). The third-order valence-electron chi connectivity index (χ3n) is 6.71. The van der Waals surface area contributed by atoms with E-state index in [1.165, 1.54) is 10.4 Å². The Kier molecular flexibility index (Phi) is 4.55. The van der Waals surface area contributed by atoms with Crippen molar-refractivity contribution >= 4 is 33.0 Å². The molecule has 0 fully saturated rings. The third kappa shape index (κ3) is 3.07. The van der Waals surface area contributed by atoms with Crippen LogP contribution >= 0.6 is 11.3 Å². The summed E-state index contributed by atoms with van der Waals surface area (Å²) < 4.78 is 5.67. The van der Waals surface area contributed by atoms with Crippen molar-refractivity contribution in [2.75, 3.05) is 12.4 Å². The number of carbonyl (C=O) groups excluding carboxylic acids is 1. The molecule has 156 valence electrons. The number of benzene rings is 2. The molecule has 1 aliphatic heterocycles. The quantitative estimate of drug-likeness (QED) is 0.541. The van der Waals surface area contributed by atoms with E-state index in [1.807, 2.05) is 18.2 Å². The van der Waals surface area contributed by atoms with Crippen molar-refractivity contribution in [3.63, 3.8) is 0 Å². The van der Waals surface area contributed by atoms with Crippen molar-refractivity contribution in [1.82, 2.24) is 5.32 Å². The number of hydrogen-bond acceptors (Lipinski definition) is 4. The number of fused-ring (bicyclic) bond motifs is 4. The highest BCUT2D eigenvalue weighted by atomic mass is 32.1. The van der Waals surface area contributed by atoms with Crippen LogP contribution in [0.25, 0.3) is 10.8 Å². The molecule has 4 nitrogen and oxygen atoms in total. The van der Waals surface area contributed by atoms with Gasteiger partial charge in [0.15, 0.2) is 0 Å². The molecule has 0 spiro atoms. The Hall–Kier alpha value is -2.53. The van der Waals surface area contributed by atoms with Gasteiger partial charge in [-0.2, -0.15) is 0 Å². The normalized spacial score (nSPS) is 20.9. The van der Waals surface area contributed by atoms with Crippen molar-refractivity contribution < 1.29 is 9.53 Å². The van der Waals surface area contributed by atoms with Crippen LogP contribution in [0, 0.1) is 11.3 Å². The summed E-state index contributed by atoms with van der Waals surface area (Å²) in [6.07, 6.45) is 2.88. The Morgan fingerprint density at radius 1 is 1.10 bits per heavy atom. The molecule has 0 radical (unpaired) electrons. The van der Waals surface area contributed by atoms with E-state index in [9.17, 15) is 4.79 Å². The zero-order valence-electron chi connectivity index (χ0n) is 18.0. The zero-order valence-corrected chi connectivity index (χ0v) is 18.8. The Bertz CT molecular complexity index is 1140. The summed E-state index contributed by atoms with van der Waals surface area (Å²) in [6.45, 7) is 6.97. The molecule has 1 amide bonds. The maximum absolute atomic E-state index is 13.2.